The van der Waals surface area contributed by atoms with Crippen LogP contribution in [0, 0.1) is 41.4 Å². The Morgan fingerprint density at radius 2 is 1.52 bits per heavy atom. The number of hydrogen-bond acceptors (Lipinski definition) is 0. The van der Waals surface area contributed by atoms with E-state index in [4.69, 9.17) is 0 Å². The highest BCUT2D eigenvalue weighted by Crippen LogP contribution is 2.42. The molecular weight excluding hydrogens is 252 g/mol. The summed E-state index contributed by atoms with van der Waals surface area (Å²) in [6, 6.07) is 0. The lowest BCUT2D eigenvalue weighted by molar-refractivity contribution is 0.154. The van der Waals surface area contributed by atoms with Gasteiger partial charge in [0.2, 0.25) is 0 Å². The molecule has 0 N–H and O–H groups in total. The van der Waals surface area contributed by atoms with Crippen LogP contribution in [-0.2, 0) is 0 Å². The molecule has 118 valence electrons. The van der Waals surface area contributed by atoms with Crippen LogP contribution in [0.4, 0.5) is 0 Å². The Kier molecular flexibility index (Phi) is 6.88. The van der Waals surface area contributed by atoms with Crippen molar-refractivity contribution in [3.63, 3.8) is 0 Å². The summed E-state index contributed by atoms with van der Waals surface area (Å²) in [6.07, 6.45) is 16.2. The van der Waals surface area contributed by atoms with Crippen molar-refractivity contribution < 1.29 is 0 Å². The second-order valence-electron chi connectivity index (χ2n) is 7.70. The highest BCUT2D eigenvalue weighted by Gasteiger charge is 2.30. The Morgan fingerprint density at radius 3 is 2.05 bits per heavy atom. The van der Waals surface area contributed by atoms with E-state index in [0.29, 0.717) is 11.8 Å². The lowest BCUT2D eigenvalue weighted by Crippen LogP contribution is -2.25. The predicted molar refractivity (Wildman–Crippen MR) is 92.9 cm³/mol. The third kappa shape index (κ3) is 5.54. The van der Waals surface area contributed by atoms with Crippen molar-refractivity contribution >= 4 is 0 Å². The summed E-state index contributed by atoms with van der Waals surface area (Å²) in [5, 5.41) is 0. The average molecular weight is 287 g/mol. The second-order valence-corrected chi connectivity index (χ2v) is 7.70. The monoisotopic (exact) mass is 286 g/mol. The minimum atomic E-state index is 0.536. The van der Waals surface area contributed by atoms with Crippen LogP contribution >= 0.6 is 0 Å². The number of rotatable bonds is 4. The Labute approximate surface area is 132 Å². The first-order valence-corrected chi connectivity index (χ1v) is 9.31. The number of allylic oxidation sites excluding steroid dienone is 1. The molecule has 0 spiro atoms. The van der Waals surface area contributed by atoms with Gasteiger partial charge in [0.05, 0.1) is 0 Å². The quantitative estimate of drug-likeness (QED) is 0.425. The van der Waals surface area contributed by atoms with Gasteiger partial charge in [-0.05, 0) is 69.1 Å². The van der Waals surface area contributed by atoms with Crippen molar-refractivity contribution in [3.05, 3.63) is 12.7 Å². The highest BCUT2D eigenvalue weighted by molar-refractivity contribution is 5.06. The van der Waals surface area contributed by atoms with E-state index in [1.54, 1.807) is 0 Å². The van der Waals surface area contributed by atoms with Gasteiger partial charge in [-0.3, -0.25) is 0 Å². The van der Waals surface area contributed by atoms with E-state index in [0.717, 1.165) is 17.8 Å². The summed E-state index contributed by atoms with van der Waals surface area (Å²) in [5.41, 5.74) is 0. The van der Waals surface area contributed by atoms with Gasteiger partial charge in [-0.2, -0.15) is 0 Å². The van der Waals surface area contributed by atoms with Crippen LogP contribution in [0.15, 0.2) is 12.7 Å². The van der Waals surface area contributed by atoms with Gasteiger partial charge in [0.15, 0.2) is 0 Å². The summed E-state index contributed by atoms with van der Waals surface area (Å²) in [4.78, 5) is 0. The average Bonchev–Trinajstić information content (AvgIpc) is 2.52. The molecule has 0 aromatic rings. The minimum Gasteiger partial charge on any atom is -0.103 e. The molecule has 0 aromatic carbocycles. The van der Waals surface area contributed by atoms with Gasteiger partial charge in [-0.1, -0.05) is 38.7 Å². The van der Waals surface area contributed by atoms with Crippen LogP contribution in [0.2, 0.25) is 0 Å². The molecule has 0 aromatic heterocycles. The van der Waals surface area contributed by atoms with E-state index in [2.05, 4.69) is 38.3 Å². The number of hydrogen-bond donors (Lipinski definition) is 0. The molecule has 0 atom stereocenters. The molecular formula is C21H34. The van der Waals surface area contributed by atoms with Gasteiger partial charge in [0.25, 0.3) is 0 Å². The third-order valence-corrected chi connectivity index (χ3v) is 5.69. The largest absolute Gasteiger partial charge is 0.103 e. The molecule has 2 rings (SSSR count). The van der Waals surface area contributed by atoms with Gasteiger partial charge in [0, 0.05) is 11.8 Å². The molecule has 21 heavy (non-hydrogen) atoms. The maximum atomic E-state index is 3.86. The molecule has 0 heterocycles. The molecule has 0 heteroatoms. The Hall–Kier alpha value is -0.700. The first kappa shape index (κ1) is 16.7. The summed E-state index contributed by atoms with van der Waals surface area (Å²) in [6.45, 7) is 8.25. The zero-order valence-corrected chi connectivity index (χ0v) is 14.2. The van der Waals surface area contributed by atoms with Gasteiger partial charge < -0.3 is 0 Å². The van der Waals surface area contributed by atoms with E-state index >= 15 is 0 Å². The van der Waals surface area contributed by atoms with Crippen molar-refractivity contribution in [3.8, 4) is 11.8 Å². The second kappa shape index (κ2) is 8.67. The van der Waals surface area contributed by atoms with E-state index < -0.39 is 0 Å². The van der Waals surface area contributed by atoms with Crippen LogP contribution in [0.25, 0.3) is 0 Å². The SMILES string of the molecule is C=CCCC1CCC(C2CCC(C#CC(C)C)CC2)CC1. The van der Waals surface area contributed by atoms with Crippen molar-refractivity contribution in [1.29, 1.82) is 0 Å². The van der Waals surface area contributed by atoms with Gasteiger partial charge >= 0.3 is 0 Å². The van der Waals surface area contributed by atoms with Crippen LogP contribution in [-0.4, -0.2) is 0 Å². The molecule has 0 radical (unpaired) electrons. The fourth-order valence-electron chi connectivity index (χ4n) is 4.32. The summed E-state index contributed by atoms with van der Waals surface area (Å²) >= 11 is 0. The first-order chi connectivity index (χ1) is 10.2. The molecule has 2 aliphatic rings. The third-order valence-electron chi connectivity index (χ3n) is 5.69. The lowest BCUT2D eigenvalue weighted by Gasteiger charge is -2.37. The van der Waals surface area contributed by atoms with Gasteiger partial charge in [-0.15, -0.1) is 12.5 Å². The van der Waals surface area contributed by atoms with Gasteiger partial charge in [0.1, 0.15) is 0 Å². The highest BCUT2D eigenvalue weighted by atomic mass is 14.3. The topological polar surface area (TPSA) is 0 Å². The van der Waals surface area contributed by atoms with E-state index in [9.17, 15) is 0 Å². The van der Waals surface area contributed by atoms with Crippen LogP contribution < -0.4 is 0 Å². The van der Waals surface area contributed by atoms with Crippen LogP contribution in [0.1, 0.15) is 78.1 Å². The molecule has 2 aliphatic carbocycles. The van der Waals surface area contributed by atoms with Crippen molar-refractivity contribution in [2.75, 3.05) is 0 Å². The zero-order chi connectivity index (χ0) is 15.1. The Morgan fingerprint density at radius 1 is 0.952 bits per heavy atom. The molecule has 0 aliphatic heterocycles. The lowest BCUT2D eigenvalue weighted by atomic mass is 9.69. The van der Waals surface area contributed by atoms with E-state index in [-0.39, 0.29) is 0 Å². The van der Waals surface area contributed by atoms with E-state index in [1.807, 2.05) is 0 Å². The van der Waals surface area contributed by atoms with Crippen molar-refractivity contribution in [1.82, 2.24) is 0 Å². The fourth-order valence-corrected chi connectivity index (χ4v) is 4.32. The minimum absolute atomic E-state index is 0.536. The maximum Gasteiger partial charge on any atom is 0.0203 e. The summed E-state index contributed by atoms with van der Waals surface area (Å²) in [5.74, 6) is 11.2. The fraction of sp³-hybridized carbons (Fsp3) is 0.810. The molecule has 0 saturated heterocycles. The van der Waals surface area contributed by atoms with Crippen molar-refractivity contribution in [2.45, 2.75) is 78.1 Å². The summed E-state index contributed by atoms with van der Waals surface area (Å²) < 4.78 is 0. The molecule has 0 bridgehead atoms. The van der Waals surface area contributed by atoms with Crippen molar-refractivity contribution in [2.24, 2.45) is 29.6 Å². The van der Waals surface area contributed by atoms with Gasteiger partial charge in [-0.25, -0.2) is 0 Å². The zero-order valence-electron chi connectivity index (χ0n) is 14.2. The Balaban J connectivity index is 1.69. The molecule has 0 amide bonds. The maximum absolute atomic E-state index is 3.86. The molecule has 2 fully saturated rings. The first-order valence-electron chi connectivity index (χ1n) is 9.31. The standard InChI is InChI=1S/C21H34/c1-4-5-6-18-9-13-20(14-10-18)21-15-11-19(12-16-21)8-7-17(2)3/h4,17-21H,1,5-6,9-16H2,2-3H3. The van der Waals surface area contributed by atoms with Crippen LogP contribution in [0.3, 0.4) is 0 Å². The van der Waals surface area contributed by atoms with E-state index in [1.165, 1.54) is 64.2 Å². The molecule has 0 unspecified atom stereocenters. The smallest absolute Gasteiger partial charge is 0.0203 e. The predicted octanol–water partition coefficient (Wildman–Crippen LogP) is 6.22. The molecule has 0 nitrogen and oxygen atoms in total. The Bertz CT molecular complexity index is 351. The summed E-state index contributed by atoms with van der Waals surface area (Å²) in [7, 11) is 0. The molecule has 2 saturated carbocycles. The van der Waals surface area contributed by atoms with Crippen LogP contribution in [0.5, 0.6) is 0 Å². The normalized spacial score (nSPS) is 33.3.